The van der Waals surface area contributed by atoms with Crippen LogP contribution < -0.4 is 5.32 Å². The lowest BCUT2D eigenvalue weighted by molar-refractivity contribution is -0.136. The molecule has 28 heavy (non-hydrogen) atoms. The van der Waals surface area contributed by atoms with Crippen molar-refractivity contribution in [2.45, 2.75) is 44.2 Å². The van der Waals surface area contributed by atoms with Crippen molar-refractivity contribution in [2.24, 2.45) is 5.92 Å². The van der Waals surface area contributed by atoms with E-state index < -0.39 is 11.6 Å². The first-order valence-electron chi connectivity index (χ1n) is 9.99. The molecule has 2 aliphatic rings. The van der Waals surface area contributed by atoms with E-state index in [1.54, 1.807) is 12.3 Å². The molecule has 148 valence electrons. The summed E-state index contributed by atoms with van der Waals surface area (Å²) in [5.41, 5.74) is 1.58. The second kappa shape index (κ2) is 8.35. The number of rotatable bonds is 5. The molecule has 0 bridgehead atoms. The van der Waals surface area contributed by atoms with Gasteiger partial charge in [-0.2, -0.15) is 0 Å². The van der Waals surface area contributed by atoms with Gasteiger partial charge in [-0.1, -0.05) is 12.1 Å². The highest BCUT2D eigenvalue weighted by atomic mass is 19.2. The summed E-state index contributed by atoms with van der Waals surface area (Å²) in [5, 5.41) is 3.40. The molecule has 0 spiro atoms. The molecule has 2 heterocycles. The number of pyridine rings is 1. The van der Waals surface area contributed by atoms with E-state index in [-0.39, 0.29) is 23.8 Å². The number of benzene rings is 1. The number of carbonyl (C=O) groups excluding carboxylic acids is 1. The molecule has 4 nitrogen and oxygen atoms in total. The average molecular weight is 385 g/mol. The third kappa shape index (κ3) is 4.22. The van der Waals surface area contributed by atoms with E-state index in [9.17, 15) is 13.6 Å². The summed E-state index contributed by atoms with van der Waals surface area (Å²) in [6, 6.07) is 9.88. The molecule has 1 amide bonds. The SMILES string of the molecule is O=C(C1CC1c1ccc(F)c(F)c1)N(Cc1ccccn1)C1CCCNCC1. The lowest BCUT2D eigenvalue weighted by Crippen LogP contribution is -2.41. The Morgan fingerprint density at radius 3 is 2.82 bits per heavy atom. The Hall–Kier alpha value is -2.34. The summed E-state index contributed by atoms with van der Waals surface area (Å²) in [7, 11) is 0. The molecule has 6 heteroatoms. The third-order valence-corrected chi connectivity index (χ3v) is 5.81. The summed E-state index contributed by atoms with van der Waals surface area (Å²) in [5.74, 6) is -1.79. The average Bonchev–Trinajstić information content (AvgIpc) is 3.53. The van der Waals surface area contributed by atoms with Crippen molar-refractivity contribution in [2.75, 3.05) is 13.1 Å². The largest absolute Gasteiger partial charge is 0.334 e. The van der Waals surface area contributed by atoms with E-state index in [0.717, 1.165) is 44.1 Å². The van der Waals surface area contributed by atoms with Crippen molar-refractivity contribution in [1.29, 1.82) is 0 Å². The first-order valence-corrected chi connectivity index (χ1v) is 9.99. The van der Waals surface area contributed by atoms with Gasteiger partial charge in [-0.3, -0.25) is 9.78 Å². The number of nitrogens with one attached hydrogen (secondary N) is 1. The van der Waals surface area contributed by atoms with Gasteiger partial charge in [0, 0.05) is 18.2 Å². The van der Waals surface area contributed by atoms with Crippen molar-refractivity contribution in [3.8, 4) is 0 Å². The van der Waals surface area contributed by atoms with Crippen molar-refractivity contribution >= 4 is 5.91 Å². The Morgan fingerprint density at radius 2 is 2.04 bits per heavy atom. The lowest BCUT2D eigenvalue weighted by Gasteiger charge is -2.31. The van der Waals surface area contributed by atoms with Gasteiger partial charge in [0.2, 0.25) is 5.91 Å². The first-order chi connectivity index (χ1) is 13.6. The Kier molecular flexibility index (Phi) is 5.67. The van der Waals surface area contributed by atoms with E-state index in [2.05, 4.69) is 10.3 Å². The Labute approximate surface area is 164 Å². The quantitative estimate of drug-likeness (QED) is 0.855. The predicted octanol–water partition coefficient (Wildman–Crippen LogP) is 3.63. The zero-order valence-electron chi connectivity index (χ0n) is 15.8. The van der Waals surface area contributed by atoms with E-state index in [1.807, 2.05) is 23.1 Å². The smallest absolute Gasteiger partial charge is 0.226 e. The highest BCUT2D eigenvalue weighted by Crippen LogP contribution is 2.49. The van der Waals surface area contributed by atoms with Crippen LogP contribution >= 0.6 is 0 Å². The monoisotopic (exact) mass is 385 g/mol. The molecule has 3 unspecified atom stereocenters. The number of halogens is 2. The zero-order chi connectivity index (χ0) is 19.5. The minimum atomic E-state index is -0.852. The van der Waals surface area contributed by atoms with E-state index in [0.29, 0.717) is 18.5 Å². The van der Waals surface area contributed by atoms with Crippen molar-refractivity contribution in [1.82, 2.24) is 15.2 Å². The summed E-state index contributed by atoms with van der Waals surface area (Å²) in [4.78, 5) is 19.7. The Bertz CT molecular complexity index is 822. The van der Waals surface area contributed by atoms with Crippen LogP contribution in [-0.2, 0) is 11.3 Å². The number of amides is 1. The third-order valence-electron chi connectivity index (χ3n) is 5.81. The molecule has 1 N–H and O–H groups in total. The van der Waals surface area contributed by atoms with Crippen LogP contribution in [-0.4, -0.2) is 34.9 Å². The number of hydrogen-bond donors (Lipinski definition) is 1. The van der Waals surface area contributed by atoms with Crippen LogP contribution in [0.15, 0.2) is 42.6 Å². The maximum absolute atomic E-state index is 13.6. The minimum absolute atomic E-state index is 0.0299. The number of aromatic nitrogens is 1. The minimum Gasteiger partial charge on any atom is -0.334 e. The van der Waals surface area contributed by atoms with E-state index in [4.69, 9.17) is 0 Å². The highest BCUT2D eigenvalue weighted by Gasteiger charge is 2.47. The Morgan fingerprint density at radius 1 is 1.14 bits per heavy atom. The van der Waals surface area contributed by atoms with Crippen LogP contribution in [0.5, 0.6) is 0 Å². The van der Waals surface area contributed by atoms with Gasteiger partial charge >= 0.3 is 0 Å². The molecular weight excluding hydrogens is 360 g/mol. The van der Waals surface area contributed by atoms with Crippen LogP contribution in [0.1, 0.15) is 42.9 Å². The van der Waals surface area contributed by atoms with Crippen LogP contribution in [0, 0.1) is 17.6 Å². The van der Waals surface area contributed by atoms with Crippen LogP contribution in [0.25, 0.3) is 0 Å². The van der Waals surface area contributed by atoms with Crippen molar-refractivity contribution in [3.05, 3.63) is 65.5 Å². The lowest BCUT2D eigenvalue weighted by atomic mass is 10.0. The normalized spacial score (nSPS) is 24.4. The molecule has 4 rings (SSSR count). The van der Waals surface area contributed by atoms with Gasteiger partial charge in [0.25, 0.3) is 0 Å². The number of nitrogens with zero attached hydrogens (tertiary/aromatic N) is 2. The molecule has 1 saturated heterocycles. The molecule has 1 aliphatic heterocycles. The van der Waals surface area contributed by atoms with Gasteiger partial charge in [-0.05, 0) is 74.5 Å². The summed E-state index contributed by atoms with van der Waals surface area (Å²) in [6.45, 7) is 2.36. The molecule has 1 aliphatic carbocycles. The van der Waals surface area contributed by atoms with Crippen molar-refractivity contribution < 1.29 is 13.6 Å². The number of carbonyl (C=O) groups is 1. The molecule has 2 fully saturated rings. The second-order valence-corrected chi connectivity index (χ2v) is 7.74. The van der Waals surface area contributed by atoms with Gasteiger partial charge < -0.3 is 10.2 Å². The van der Waals surface area contributed by atoms with Crippen LogP contribution in [0.4, 0.5) is 8.78 Å². The molecule has 1 saturated carbocycles. The molecule has 2 aromatic rings. The summed E-state index contributed by atoms with van der Waals surface area (Å²) in [6.07, 6.45) is 5.35. The number of hydrogen-bond acceptors (Lipinski definition) is 3. The fourth-order valence-corrected chi connectivity index (χ4v) is 4.16. The van der Waals surface area contributed by atoms with Gasteiger partial charge in [0.15, 0.2) is 11.6 Å². The fourth-order valence-electron chi connectivity index (χ4n) is 4.16. The van der Waals surface area contributed by atoms with Crippen LogP contribution in [0.3, 0.4) is 0 Å². The fraction of sp³-hybridized carbons (Fsp3) is 0.455. The molecular formula is C22H25F2N3O. The molecule has 1 aromatic carbocycles. The standard InChI is InChI=1S/C22H25F2N3O/c23-20-7-6-15(12-21(20)24)18-13-19(18)22(28)27(14-16-4-1-2-10-26-16)17-5-3-9-25-11-8-17/h1-2,4,6-7,10,12,17-19,25H,3,5,8-9,11,13-14H2. The Balaban J connectivity index is 1.52. The maximum atomic E-state index is 13.6. The first kappa shape index (κ1) is 19.0. The summed E-state index contributed by atoms with van der Waals surface area (Å²) < 4.78 is 26.8. The predicted molar refractivity (Wildman–Crippen MR) is 103 cm³/mol. The summed E-state index contributed by atoms with van der Waals surface area (Å²) >= 11 is 0. The zero-order valence-corrected chi connectivity index (χ0v) is 15.8. The molecule has 0 radical (unpaired) electrons. The maximum Gasteiger partial charge on any atom is 0.226 e. The van der Waals surface area contributed by atoms with Gasteiger partial charge in [0.05, 0.1) is 12.2 Å². The van der Waals surface area contributed by atoms with Crippen LogP contribution in [0.2, 0.25) is 0 Å². The van der Waals surface area contributed by atoms with Gasteiger partial charge in [0.1, 0.15) is 0 Å². The molecule has 1 aromatic heterocycles. The van der Waals surface area contributed by atoms with Gasteiger partial charge in [-0.15, -0.1) is 0 Å². The van der Waals surface area contributed by atoms with Crippen molar-refractivity contribution in [3.63, 3.8) is 0 Å². The van der Waals surface area contributed by atoms with Gasteiger partial charge in [-0.25, -0.2) is 8.78 Å². The highest BCUT2D eigenvalue weighted by molar-refractivity contribution is 5.83. The van der Waals surface area contributed by atoms with E-state index in [1.165, 1.54) is 6.07 Å². The second-order valence-electron chi connectivity index (χ2n) is 7.74. The topological polar surface area (TPSA) is 45.2 Å². The molecule has 3 atom stereocenters. The van der Waals surface area contributed by atoms with E-state index >= 15 is 0 Å².